The van der Waals surface area contributed by atoms with Crippen LogP contribution >= 0.6 is 11.3 Å². The Morgan fingerprint density at radius 2 is 2.44 bits per heavy atom. The highest BCUT2D eigenvalue weighted by molar-refractivity contribution is 7.15. The van der Waals surface area contributed by atoms with E-state index in [1.54, 1.807) is 11.3 Å². The topological polar surface area (TPSA) is 56.7 Å². The van der Waals surface area contributed by atoms with Gasteiger partial charge in [-0.15, -0.1) is 11.3 Å². The van der Waals surface area contributed by atoms with Crippen molar-refractivity contribution in [3.8, 4) is 0 Å². The van der Waals surface area contributed by atoms with Gasteiger partial charge >= 0.3 is 0 Å². The second-order valence-electron chi connectivity index (χ2n) is 4.26. The molecular weight excluding hydrogens is 220 g/mol. The van der Waals surface area contributed by atoms with Gasteiger partial charge in [0.15, 0.2) is 5.13 Å². The van der Waals surface area contributed by atoms with Gasteiger partial charge in [0, 0.05) is 24.0 Å². The minimum absolute atomic E-state index is 0.451. The summed E-state index contributed by atoms with van der Waals surface area (Å²) in [6.07, 6.45) is 7.49. The van der Waals surface area contributed by atoms with Gasteiger partial charge in [0.1, 0.15) is 0 Å². The third kappa shape index (κ3) is 1.51. The SMILES string of the molecule is Cn1cc(C2CCCc3nc(N)sc32)cn1. The number of nitrogens with two attached hydrogens (primary N) is 1. The maximum Gasteiger partial charge on any atom is 0.180 e. The van der Waals surface area contributed by atoms with Crippen molar-refractivity contribution in [2.45, 2.75) is 25.2 Å². The van der Waals surface area contributed by atoms with E-state index >= 15 is 0 Å². The monoisotopic (exact) mass is 234 g/mol. The fourth-order valence-corrected chi connectivity index (χ4v) is 3.42. The van der Waals surface area contributed by atoms with Gasteiger partial charge in [-0.3, -0.25) is 4.68 Å². The molecule has 0 amide bonds. The van der Waals surface area contributed by atoms with E-state index in [1.165, 1.54) is 29.0 Å². The van der Waals surface area contributed by atoms with Crippen LogP contribution < -0.4 is 5.73 Å². The first-order chi connectivity index (χ1) is 7.74. The minimum Gasteiger partial charge on any atom is -0.375 e. The molecule has 0 fully saturated rings. The minimum atomic E-state index is 0.451. The largest absolute Gasteiger partial charge is 0.375 e. The van der Waals surface area contributed by atoms with Gasteiger partial charge in [-0.05, 0) is 24.8 Å². The fourth-order valence-electron chi connectivity index (χ4n) is 2.38. The Labute approximate surface area is 98.1 Å². The van der Waals surface area contributed by atoms with Gasteiger partial charge in [-0.25, -0.2) is 4.98 Å². The van der Waals surface area contributed by atoms with E-state index in [-0.39, 0.29) is 0 Å². The van der Waals surface area contributed by atoms with Gasteiger partial charge in [0.25, 0.3) is 0 Å². The van der Waals surface area contributed by atoms with Crippen LogP contribution in [0.15, 0.2) is 12.4 Å². The molecule has 84 valence electrons. The van der Waals surface area contributed by atoms with Crippen LogP contribution in [0.2, 0.25) is 0 Å². The molecule has 2 N–H and O–H groups in total. The van der Waals surface area contributed by atoms with Crippen LogP contribution in [-0.2, 0) is 13.5 Å². The standard InChI is InChI=1S/C11H14N4S/c1-15-6-7(5-13-15)8-3-2-4-9-10(8)16-11(12)14-9/h5-6,8H,2-4H2,1H3,(H2,12,14). The summed E-state index contributed by atoms with van der Waals surface area (Å²) in [6, 6.07) is 0. The number of hydrogen-bond donors (Lipinski definition) is 1. The molecule has 3 rings (SSSR count). The number of hydrogen-bond acceptors (Lipinski definition) is 4. The second kappa shape index (κ2) is 3.59. The molecule has 0 bridgehead atoms. The molecule has 2 heterocycles. The predicted molar refractivity (Wildman–Crippen MR) is 64.5 cm³/mol. The Hall–Kier alpha value is -1.36. The summed E-state index contributed by atoms with van der Waals surface area (Å²) < 4.78 is 1.86. The molecule has 2 aromatic rings. The maximum atomic E-state index is 5.79. The smallest absolute Gasteiger partial charge is 0.180 e. The lowest BCUT2D eigenvalue weighted by atomic mass is 9.88. The lowest BCUT2D eigenvalue weighted by molar-refractivity contribution is 0.616. The van der Waals surface area contributed by atoms with E-state index in [9.17, 15) is 0 Å². The number of nitrogens with zero attached hydrogens (tertiary/aromatic N) is 3. The third-order valence-electron chi connectivity index (χ3n) is 3.09. The zero-order chi connectivity index (χ0) is 11.1. The molecular formula is C11H14N4S. The van der Waals surface area contributed by atoms with E-state index in [0.717, 1.165) is 6.42 Å². The number of aryl methyl sites for hydroxylation is 2. The first kappa shape index (κ1) is 9.84. The first-order valence-corrected chi connectivity index (χ1v) is 6.29. The summed E-state index contributed by atoms with van der Waals surface area (Å²) in [5.41, 5.74) is 8.27. The number of thiazole rings is 1. The van der Waals surface area contributed by atoms with E-state index in [4.69, 9.17) is 5.73 Å². The average molecular weight is 234 g/mol. The van der Waals surface area contributed by atoms with Gasteiger partial charge in [0.05, 0.1) is 11.9 Å². The molecule has 0 saturated heterocycles. The molecule has 1 unspecified atom stereocenters. The molecule has 4 nitrogen and oxygen atoms in total. The molecule has 1 atom stereocenters. The average Bonchev–Trinajstić information content (AvgIpc) is 2.82. The Bertz CT molecular complexity index is 514. The van der Waals surface area contributed by atoms with E-state index in [1.807, 2.05) is 17.9 Å². The Balaban J connectivity index is 2.04. The zero-order valence-corrected chi connectivity index (χ0v) is 10.00. The highest BCUT2D eigenvalue weighted by Crippen LogP contribution is 2.40. The van der Waals surface area contributed by atoms with Gasteiger partial charge < -0.3 is 5.73 Å². The molecule has 0 radical (unpaired) electrons. The number of rotatable bonds is 1. The van der Waals surface area contributed by atoms with Gasteiger partial charge in [-0.1, -0.05) is 0 Å². The summed E-state index contributed by atoms with van der Waals surface area (Å²) in [7, 11) is 1.95. The van der Waals surface area contributed by atoms with Crippen molar-refractivity contribution in [2.75, 3.05) is 5.73 Å². The molecule has 0 aliphatic heterocycles. The predicted octanol–water partition coefficient (Wildman–Crippen LogP) is 1.93. The normalized spacial score (nSPS) is 19.7. The van der Waals surface area contributed by atoms with E-state index in [0.29, 0.717) is 11.0 Å². The molecule has 16 heavy (non-hydrogen) atoms. The van der Waals surface area contributed by atoms with Crippen LogP contribution in [0, 0.1) is 0 Å². The van der Waals surface area contributed by atoms with Crippen molar-refractivity contribution in [3.05, 3.63) is 28.5 Å². The van der Waals surface area contributed by atoms with Crippen molar-refractivity contribution in [1.29, 1.82) is 0 Å². The van der Waals surface area contributed by atoms with Crippen LogP contribution in [-0.4, -0.2) is 14.8 Å². The van der Waals surface area contributed by atoms with Crippen LogP contribution in [0.3, 0.4) is 0 Å². The van der Waals surface area contributed by atoms with Crippen LogP contribution in [0.1, 0.15) is 34.9 Å². The molecule has 1 aliphatic carbocycles. The molecule has 5 heteroatoms. The molecule has 1 aliphatic rings. The van der Waals surface area contributed by atoms with E-state index in [2.05, 4.69) is 16.3 Å². The quantitative estimate of drug-likeness (QED) is 0.820. The summed E-state index contributed by atoms with van der Waals surface area (Å²) in [6.45, 7) is 0. The second-order valence-corrected chi connectivity index (χ2v) is 5.32. The van der Waals surface area contributed by atoms with Crippen LogP contribution in [0.4, 0.5) is 5.13 Å². The molecule has 0 saturated carbocycles. The van der Waals surface area contributed by atoms with Crippen molar-refractivity contribution in [3.63, 3.8) is 0 Å². The third-order valence-corrected chi connectivity index (χ3v) is 4.13. The Morgan fingerprint density at radius 3 is 3.19 bits per heavy atom. The molecule has 2 aromatic heterocycles. The Morgan fingerprint density at radius 1 is 1.56 bits per heavy atom. The van der Waals surface area contributed by atoms with Gasteiger partial charge in [-0.2, -0.15) is 5.10 Å². The first-order valence-electron chi connectivity index (χ1n) is 5.47. The van der Waals surface area contributed by atoms with Crippen molar-refractivity contribution in [1.82, 2.24) is 14.8 Å². The van der Waals surface area contributed by atoms with Crippen molar-refractivity contribution in [2.24, 2.45) is 7.05 Å². The van der Waals surface area contributed by atoms with Crippen molar-refractivity contribution < 1.29 is 0 Å². The summed E-state index contributed by atoms with van der Waals surface area (Å²) in [5, 5.41) is 4.94. The zero-order valence-electron chi connectivity index (χ0n) is 9.18. The number of nitrogen functional groups attached to an aromatic ring is 1. The molecule has 0 spiro atoms. The van der Waals surface area contributed by atoms with Gasteiger partial charge in [0.2, 0.25) is 0 Å². The van der Waals surface area contributed by atoms with Crippen molar-refractivity contribution >= 4 is 16.5 Å². The number of anilines is 1. The lowest BCUT2D eigenvalue weighted by Crippen LogP contribution is -2.08. The lowest BCUT2D eigenvalue weighted by Gasteiger charge is -2.19. The number of fused-ring (bicyclic) bond motifs is 1. The van der Waals surface area contributed by atoms with Crippen LogP contribution in [0.25, 0.3) is 0 Å². The number of aromatic nitrogens is 3. The summed E-state index contributed by atoms with van der Waals surface area (Å²) in [5.74, 6) is 0.451. The molecule has 0 aromatic carbocycles. The fraction of sp³-hybridized carbons (Fsp3) is 0.455. The summed E-state index contributed by atoms with van der Waals surface area (Å²) in [4.78, 5) is 5.75. The van der Waals surface area contributed by atoms with E-state index < -0.39 is 0 Å². The van der Waals surface area contributed by atoms with Crippen LogP contribution in [0.5, 0.6) is 0 Å². The highest BCUT2D eigenvalue weighted by Gasteiger charge is 2.26. The summed E-state index contributed by atoms with van der Waals surface area (Å²) >= 11 is 1.63. The Kier molecular flexibility index (Phi) is 2.21. The maximum absolute atomic E-state index is 5.79. The highest BCUT2D eigenvalue weighted by atomic mass is 32.1.